The molecule has 1 N–H and O–H groups in total. The fraction of sp³-hybridized carbons (Fsp3) is 0.310. The van der Waals surface area contributed by atoms with E-state index >= 15 is 0 Å². The molecule has 1 atom stereocenters. The van der Waals surface area contributed by atoms with Crippen LogP contribution in [0.15, 0.2) is 78.9 Å². The van der Waals surface area contributed by atoms with Crippen molar-refractivity contribution in [3.63, 3.8) is 0 Å². The predicted molar refractivity (Wildman–Crippen MR) is 150 cm³/mol. The molecule has 0 fully saturated rings. The topological polar surface area (TPSA) is 96.0 Å². The van der Waals surface area contributed by atoms with Crippen molar-refractivity contribution in [3.05, 3.63) is 95.6 Å². The number of sulfonamides is 1. The van der Waals surface area contributed by atoms with Crippen LogP contribution >= 0.6 is 0 Å². The summed E-state index contributed by atoms with van der Waals surface area (Å²) in [7, 11) is -2.43. The van der Waals surface area contributed by atoms with E-state index in [1.165, 1.54) is 12.0 Å². The van der Waals surface area contributed by atoms with Crippen LogP contribution in [-0.2, 0) is 32.6 Å². The quantitative estimate of drug-likeness (QED) is 0.381. The number of hydrogen-bond acceptors (Lipinski definition) is 5. The Bertz CT molecular complexity index is 1330. The third-order valence-electron chi connectivity index (χ3n) is 6.10. The van der Waals surface area contributed by atoms with Gasteiger partial charge in [0, 0.05) is 19.5 Å². The van der Waals surface area contributed by atoms with Crippen molar-refractivity contribution in [2.24, 2.45) is 0 Å². The van der Waals surface area contributed by atoms with Crippen LogP contribution in [0.25, 0.3) is 0 Å². The molecule has 0 bridgehead atoms. The van der Waals surface area contributed by atoms with Gasteiger partial charge >= 0.3 is 0 Å². The number of methoxy groups -OCH3 is 1. The molecule has 0 saturated heterocycles. The number of rotatable bonds is 12. The van der Waals surface area contributed by atoms with Gasteiger partial charge in [0.25, 0.3) is 0 Å². The summed E-state index contributed by atoms with van der Waals surface area (Å²) < 4.78 is 32.3. The first-order valence-corrected chi connectivity index (χ1v) is 14.3. The number of ether oxygens (including phenoxy) is 1. The van der Waals surface area contributed by atoms with E-state index in [9.17, 15) is 18.0 Å². The molecule has 0 aliphatic heterocycles. The third kappa shape index (κ3) is 7.58. The Morgan fingerprint density at radius 1 is 0.947 bits per heavy atom. The lowest BCUT2D eigenvalue weighted by Crippen LogP contribution is -2.53. The SMILES string of the molecule is CCNC(=O)[C@@H](Cc1ccccc1)N(Cc1ccccc1)C(=O)CN(c1cc(C)ccc1OC)S(C)(=O)=O. The minimum absolute atomic E-state index is 0.136. The predicted octanol–water partition coefficient (Wildman–Crippen LogP) is 3.55. The number of carbonyl (C=O) groups is 2. The first-order chi connectivity index (χ1) is 18.1. The van der Waals surface area contributed by atoms with Gasteiger partial charge in [0.2, 0.25) is 21.8 Å². The number of hydrogen-bond donors (Lipinski definition) is 1. The molecule has 0 unspecified atom stereocenters. The van der Waals surface area contributed by atoms with Crippen molar-refractivity contribution in [1.82, 2.24) is 10.2 Å². The maximum Gasteiger partial charge on any atom is 0.244 e. The minimum Gasteiger partial charge on any atom is -0.495 e. The van der Waals surface area contributed by atoms with Gasteiger partial charge in [0.15, 0.2) is 0 Å². The van der Waals surface area contributed by atoms with E-state index in [0.717, 1.165) is 27.3 Å². The Morgan fingerprint density at radius 2 is 1.55 bits per heavy atom. The number of amides is 2. The summed E-state index contributed by atoms with van der Waals surface area (Å²) in [5.41, 5.74) is 2.78. The summed E-state index contributed by atoms with van der Waals surface area (Å²) in [6, 6.07) is 23.1. The lowest BCUT2D eigenvalue weighted by molar-refractivity contribution is -0.140. The Labute approximate surface area is 225 Å². The number of aryl methyl sites for hydroxylation is 1. The lowest BCUT2D eigenvalue weighted by atomic mass is 10.0. The van der Waals surface area contributed by atoms with Crippen LogP contribution in [0.1, 0.15) is 23.6 Å². The zero-order valence-corrected chi connectivity index (χ0v) is 23.1. The van der Waals surface area contributed by atoms with Crippen molar-refractivity contribution >= 4 is 27.5 Å². The van der Waals surface area contributed by atoms with Crippen LogP contribution in [0.2, 0.25) is 0 Å². The number of benzene rings is 3. The Hall–Kier alpha value is -3.85. The van der Waals surface area contributed by atoms with Gasteiger partial charge in [0.05, 0.1) is 19.1 Å². The molecule has 2 amide bonds. The van der Waals surface area contributed by atoms with Crippen molar-refractivity contribution in [2.45, 2.75) is 32.9 Å². The molecule has 38 heavy (non-hydrogen) atoms. The molecule has 0 heterocycles. The molecule has 0 saturated carbocycles. The number of carbonyl (C=O) groups excluding carboxylic acids is 2. The molecule has 0 aromatic heterocycles. The summed E-state index contributed by atoms with van der Waals surface area (Å²) in [6.45, 7) is 3.69. The highest BCUT2D eigenvalue weighted by Crippen LogP contribution is 2.31. The van der Waals surface area contributed by atoms with Gasteiger partial charge in [0.1, 0.15) is 18.3 Å². The van der Waals surface area contributed by atoms with Gasteiger partial charge < -0.3 is 15.0 Å². The van der Waals surface area contributed by atoms with Crippen molar-refractivity contribution in [2.75, 3.05) is 30.8 Å². The highest BCUT2D eigenvalue weighted by atomic mass is 32.2. The molecule has 202 valence electrons. The summed E-state index contributed by atoms with van der Waals surface area (Å²) in [6.07, 6.45) is 1.33. The highest BCUT2D eigenvalue weighted by Gasteiger charge is 2.33. The normalized spacial score (nSPS) is 11.9. The zero-order chi connectivity index (χ0) is 27.7. The van der Waals surface area contributed by atoms with Gasteiger partial charge in [-0.05, 0) is 42.7 Å². The molecule has 0 spiro atoms. The molecule has 3 aromatic rings. The summed E-state index contributed by atoms with van der Waals surface area (Å²) >= 11 is 0. The van der Waals surface area contributed by atoms with Crippen molar-refractivity contribution in [3.8, 4) is 5.75 Å². The van der Waals surface area contributed by atoms with E-state index in [1.54, 1.807) is 18.2 Å². The molecule has 3 aromatic carbocycles. The summed E-state index contributed by atoms with van der Waals surface area (Å²) in [4.78, 5) is 28.8. The zero-order valence-electron chi connectivity index (χ0n) is 22.3. The second kappa shape index (κ2) is 13.1. The largest absolute Gasteiger partial charge is 0.495 e. The molecule has 0 aliphatic rings. The second-order valence-electron chi connectivity index (χ2n) is 9.05. The molecular formula is C29H35N3O5S. The summed E-state index contributed by atoms with van der Waals surface area (Å²) in [5.74, 6) is -0.484. The number of nitrogens with zero attached hydrogens (tertiary/aromatic N) is 2. The first-order valence-electron chi connectivity index (χ1n) is 12.4. The maximum absolute atomic E-state index is 14.0. The van der Waals surface area contributed by atoms with Crippen LogP contribution in [0, 0.1) is 6.92 Å². The highest BCUT2D eigenvalue weighted by molar-refractivity contribution is 7.92. The van der Waals surface area contributed by atoms with E-state index in [2.05, 4.69) is 5.32 Å². The van der Waals surface area contributed by atoms with E-state index < -0.39 is 28.5 Å². The van der Waals surface area contributed by atoms with E-state index in [1.807, 2.05) is 74.5 Å². The Balaban J connectivity index is 2.06. The molecule has 9 heteroatoms. The minimum atomic E-state index is -3.88. The Morgan fingerprint density at radius 3 is 2.11 bits per heavy atom. The number of anilines is 1. The molecule has 8 nitrogen and oxygen atoms in total. The van der Waals surface area contributed by atoms with Gasteiger partial charge in [-0.3, -0.25) is 13.9 Å². The fourth-order valence-electron chi connectivity index (χ4n) is 4.22. The molecule has 0 radical (unpaired) electrons. The van der Waals surface area contributed by atoms with Crippen LogP contribution in [0.3, 0.4) is 0 Å². The van der Waals surface area contributed by atoms with Gasteiger partial charge in [-0.1, -0.05) is 66.7 Å². The van der Waals surface area contributed by atoms with Crippen LogP contribution in [-0.4, -0.2) is 57.6 Å². The average molecular weight is 538 g/mol. The van der Waals surface area contributed by atoms with Crippen LogP contribution in [0.5, 0.6) is 5.75 Å². The van der Waals surface area contributed by atoms with Gasteiger partial charge in [-0.2, -0.15) is 0 Å². The standard InChI is InChI=1S/C29H35N3O5S/c1-5-30-29(34)26(19-23-12-8-6-9-13-23)31(20-24-14-10-7-11-15-24)28(33)21-32(38(4,35)36)25-18-22(2)16-17-27(25)37-3/h6-18,26H,5,19-21H2,1-4H3,(H,30,34)/t26-/m1/s1. The average Bonchev–Trinajstić information content (AvgIpc) is 2.89. The monoisotopic (exact) mass is 537 g/mol. The molecule has 0 aliphatic carbocycles. The lowest BCUT2D eigenvalue weighted by Gasteiger charge is -2.33. The first kappa shape index (κ1) is 28.7. The number of nitrogens with one attached hydrogen (secondary N) is 1. The number of likely N-dealkylation sites (N-methyl/N-ethyl adjacent to an activating group) is 1. The van der Waals surface area contributed by atoms with Crippen molar-refractivity contribution in [1.29, 1.82) is 0 Å². The van der Waals surface area contributed by atoms with Crippen molar-refractivity contribution < 1.29 is 22.7 Å². The van der Waals surface area contributed by atoms with Gasteiger partial charge in [-0.15, -0.1) is 0 Å². The van der Waals surface area contributed by atoms with E-state index in [0.29, 0.717) is 12.3 Å². The third-order valence-corrected chi connectivity index (χ3v) is 7.23. The van der Waals surface area contributed by atoms with Gasteiger partial charge in [-0.25, -0.2) is 8.42 Å². The van der Waals surface area contributed by atoms with E-state index in [4.69, 9.17) is 4.74 Å². The smallest absolute Gasteiger partial charge is 0.244 e. The van der Waals surface area contributed by atoms with Crippen LogP contribution in [0.4, 0.5) is 5.69 Å². The molecular weight excluding hydrogens is 502 g/mol. The van der Waals surface area contributed by atoms with E-state index in [-0.39, 0.29) is 24.6 Å². The van der Waals surface area contributed by atoms with Crippen LogP contribution < -0.4 is 14.4 Å². The maximum atomic E-state index is 14.0. The molecule has 3 rings (SSSR count). The Kier molecular flexibility index (Phi) is 9.90. The fourth-order valence-corrected chi connectivity index (χ4v) is 5.06. The second-order valence-corrected chi connectivity index (χ2v) is 11.0. The summed E-state index contributed by atoms with van der Waals surface area (Å²) in [5, 5.41) is 2.84.